The van der Waals surface area contributed by atoms with Gasteiger partial charge < -0.3 is 9.42 Å². The van der Waals surface area contributed by atoms with E-state index in [4.69, 9.17) is 16.1 Å². The van der Waals surface area contributed by atoms with Gasteiger partial charge in [0.25, 0.3) is 0 Å². The Balaban J connectivity index is 1.18. The summed E-state index contributed by atoms with van der Waals surface area (Å²) in [5, 5.41) is 4.95. The fourth-order valence-corrected chi connectivity index (χ4v) is 4.42. The Morgan fingerprint density at radius 1 is 1.03 bits per heavy atom. The molecule has 6 heteroatoms. The molecule has 0 N–H and O–H groups in total. The molecule has 1 amide bonds. The summed E-state index contributed by atoms with van der Waals surface area (Å²) in [7, 11) is 0. The Labute approximate surface area is 193 Å². The molecule has 5 nitrogen and oxygen atoms in total. The molecule has 2 aliphatic rings. The molecule has 2 heterocycles. The van der Waals surface area contributed by atoms with Crippen molar-refractivity contribution >= 4 is 23.6 Å². The molecule has 0 atom stereocenters. The van der Waals surface area contributed by atoms with Gasteiger partial charge in [0, 0.05) is 49.4 Å². The molecular weight excluding hydrogens is 422 g/mol. The molecule has 164 valence electrons. The van der Waals surface area contributed by atoms with E-state index in [0.717, 1.165) is 56.8 Å². The van der Waals surface area contributed by atoms with Gasteiger partial charge in [0.1, 0.15) is 0 Å². The van der Waals surface area contributed by atoms with Gasteiger partial charge in [0.2, 0.25) is 5.91 Å². The van der Waals surface area contributed by atoms with Crippen LogP contribution < -0.4 is 0 Å². The minimum Gasteiger partial charge on any atom is -0.356 e. The number of hydrogen-bond donors (Lipinski definition) is 0. The number of rotatable bonds is 6. The van der Waals surface area contributed by atoms with Crippen LogP contribution in [0.15, 0.2) is 71.3 Å². The lowest BCUT2D eigenvalue weighted by Gasteiger charge is -2.35. The highest BCUT2D eigenvalue weighted by molar-refractivity contribution is 6.30. The average Bonchev–Trinajstić information content (AvgIpc) is 3.49. The van der Waals surface area contributed by atoms with E-state index < -0.39 is 5.41 Å². The number of aromatic nitrogens is 1. The third kappa shape index (κ3) is 4.36. The Kier molecular flexibility index (Phi) is 5.85. The normalized spacial score (nSPS) is 18.2. The SMILES string of the molecule is O=C(N1CCN(CC=Cc2ccccc2)CC1)C1(c2cc(-c3ccc(Cl)cc3)on2)CC1. The highest BCUT2D eigenvalue weighted by Crippen LogP contribution is 2.50. The maximum Gasteiger partial charge on any atom is 0.235 e. The molecule has 1 aromatic heterocycles. The second-order valence-corrected chi connectivity index (χ2v) is 9.01. The predicted octanol–water partition coefficient (Wildman–Crippen LogP) is 4.88. The van der Waals surface area contributed by atoms with Crippen molar-refractivity contribution < 1.29 is 9.32 Å². The first-order chi connectivity index (χ1) is 15.6. The highest BCUT2D eigenvalue weighted by atomic mass is 35.5. The summed E-state index contributed by atoms with van der Waals surface area (Å²) in [6, 6.07) is 19.7. The van der Waals surface area contributed by atoms with Crippen molar-refractivity contribution in [2.45, 2.75) is 18.3 Å². The van der Waals surface area contributed by atoms with Crippen LogP contribution in [0, 0.1) is 0 Å². The molecule has 1 aliphatic heterocycles. The van der Waals surface area contributed by atoms with Crippen LogP contribution in [0.1, 0.15) is 24.1 Å². The van der Waals surface area contributed by atoms with Gasteiger partial charge >= 0.3 is 0 Å². The molecule has 1 saturated heterocycles. The molecule has 0 radical (unpaired) electrons. The van der Waals surface area contributed by atoms with Gasteiger partial charge in [-0.1, -0.05) is 59.2 Å². The van der Waals surface area contributed by atoms with E-state index in [1.54, 1.807) is 0 Å². The Morgan fingerprint density at radius 2 is 1.75 bits per heavy atom. The third-order valence-electron chi connectivity index (χ3n) is 6.42. The third-order valence-corrected chi connectivity index (χ3v) is 6.67. The number of hydrogen-bond acceptors (Lipinski definition) is 4. The van der Waals surface area contributed by atoms with Gasteiger partial charge in [0.05, 0.1) is 11.1 Å². The summed E-state index contributed by atoms with van der Waals surface area (Å²) in [6.45, 7) is 4.17. The molecule has 5 rings (SSSR count). The molecule has 2 aromatic carbocycles. The van der Waals surface area contributed by atoms with Crippen molar-refractivity contribution in [3.63, 3.8) is 0 Å². The lowest BCUT2D eigenvalue weighted by molar-refractivity contribution is -0.135. The van der Waals surface area contributed by atoms with Crippen molar-refractivity contribution in [1.82, 2.24) is 15.0 Å². The molecule has 2 fully saturated rings. The number of benzene rings is 2. The summed E-state index contributed by atoms with van der Waals surface area (Å²) < 4.78 is 5.57. The van der Waals surface area contributed by atoms with E-state index in [2.05, 4.69) is 34.3 Å². The van der Waals surface area contributed by atoms with Crippen molar-refractivity contribution in [3.05, 3.63) is 83.0 Å². The quantitative estimate of drug-likeness (QED) is 0.540. The molecule has 32 heavy (non-hydrogen) atoms. The van der Waals surface area contributed by atoms with Crippen molar-refractivity contribution in [1.29, 1.82) is 0 Å². The van der Waals surface area contributed by atoms with Crippen LogP contribution in [0.5, 0.6) is 0 Å². The first kappa shape index (κ1) is 21.0. The van der Waals surface area contributed by atoms with E-state index in [-0.39, 0.29) is 5.91 Å². The van der Waals surface area contributed by atoms with Crippen LogP contribution in [0.4, 0.5) is 0 Å². The van der Waals surface area contributed by atoms with E-state index in [9.17, 15) is 4.79 Å². The fraction of sp³-hybridized carbons (Fsp3) is 0.308. The summed E-state index contributed by atoms with van der Waals surface area (Å²) >= 11 is 5.98. The number of amides is 1. The summed E-state index contributed by atoms with van der Waals surface area (Å²) in [5.74, 6) is 0.860. The van der Waals surface area contributed by atoms with Gasteiger partial charge in [-0.05, 0) is 42.7 Å². The van der Waals surface area contributed by atoms with Crippen LogP contribution in [0.3, 0.4) is 0 Å². The van der Waals surface area contributed by atoms with Crippen LogP contribution in [0.25, 0.3) is 17.4 Å². The number of carbonyl (C=O) groups excluding carboxylic acids is 1. The minimum atomic E-state index is -0.510. The molecular formula is C26H26ClN3O2. The smallest absolute Gasteiger partial charge is 0.235 e. The molecule has 1 aliphatic carbocycles. The first-order valence-corrected chi connectivity index (χ1v) is 11.5. The zero-order chi connectivity index (χ0) is 22.0. The summed E-state index contributed by atoms with van der Waals surface area (Å²) in [5.41, 5.74) is 2.36. The van der Waals surface area contributed by atoms with Crippen LogP contribution in [-0.4, -0.2) is 53.6 Å². The largest absolute Gasteiger partial charge is 0.356 e. The maximum atomic E-state index is 13.4. The van der Waals surface area contributed by atoms with Crippen molar-refractivity contribution in [2.75, 3.05) is 32.7 Å². The molecule has 3 aromatic rings. The van der Waals surface area contributed by atoms with Crippen LogP contribution in [0.2, 0.25) is 5.02 Å². The van der Waals surface area contributed by atoms with Gasteiger partial charge in [-0.3, -0.25) is 9.69 Å². The second-order valence-electron chi connectivity index (χ2n) is 8.57. The number of halogens is 1. The topological polar surface area (TPSA) is 49.6 Å². The van der Waals surface area contributed by atoms with E-state index in [1.165, 1.54) is 5.56 Å². The summed E-state index contributed by atoms with van der Waals surface area (Å²) in [6.07, 6.45) is 6.01. The van der Waals surface area contributed by atoms with Gasteiger partial charge in [0.15, 0.2) is 5.76 Å². The fourth-order valence-electron chi connectivity index (χ4n) is 4.29. The van der Waals surface area contributed by atoms with E-state index in [0.29, 0.717) is 10.8 Å². The van der Waals surface area contributed by atoms with E-state index >= 15 is 0 Å². The molecule has 0 bridgehead atoms. The number of nitrogens with zero attached hydrogens (tertiary/aromatic N) is 3. The van der Waals surface area contributed by atoms with Gasteiger partial charge in [-0.25, -0.2) is 0 Å². The standard InChI is InChI=1S/C26H26ClN3O2/c27-22-10-8-21(9-11-22)23-19-24(28-32-23)26(12-13-26)25(31)30-17-15-29(16-18-30)14-4-7-20-5-2-1-3-6-20/h1-11,19H,12-18H2. The number of carbonyl (C=O) groups is 1. The second kappa shape index (κ2) is 8.93. The Bertz CT molecular complexity index is 1100. The monoisotopic (exact) mass is 447 g/mol. The predicted molar refractivity (Wildman–Crippen MR) is 126 cm³/mol. The minimum absolute atomic E-state index is 0.188. The van der Waals surface area contributed by atoms with Crippen molar-refractivity contribution in [3.8, 4) is 11.3 Å². The highest BCUT2D eigenvalue weighted by Gasteiger charge is 2.55. The van der Waals surface area contributed by atoms with E-state index in [1.807, 2.05) is 53.4 Å². The zero-order valence-electron chi connectivity index (χ0n) is 17.9. The molecule has 0 unspecified atom stereocenters. The lowest BCUT2D eigenvalue weighted by Crippen LogP contribution is -2.51. The first-order valence-electron chi connectivity index (χ1n) is 11.1. The summed E-state index contributed by atoms with van der Waals surface area (Å²) in [4.78, 5) is 17.8. The zero-order valence-corrected chi connectivity index (χ0v) is 18.7. The van der Waals surface area contributed by atoms with Crippen LogP contribution in [-0.2, 0) is 10.2 Å². The number of piperazine rings is 1. The maximum absolute atomic E-state index is 13.4. The van der Waals surface area contributed by atoms with Crippen LogP contribution >= 0.6 is 11.6 Å². The van der Waals surface area contributed by atoms with Gasteiger partial charge in [-0.2, -0.15) is 0 Å². The lowest BCUT2D eigenvalue weighted by atomic mass is 9.99. The van der Waals surface area contributed by atoms with Crippen molar-refractivity contribution in [2.24, 2.45) is 0 Å². The Hall–Kier alpha value is -2.89. The Morgan fingerprint density at radius 3 is 2.44 bits per heavy atom. The average molecular weight is 448 g/mol. The van der Waals surface area contributed by atoms with Gasteiger partial charge in [-0.15, -0.1) is 0 Å². The molecule has 1 saturated carbocycles. The molecule has 0 spiro atoms.